The van der Waals surface area contributed by atoms with E-state index in [1.807, 2.05) is 13.8 Å². The highest BCUT2D eigenvalue weighted by Crippen LogP contribution is 2.19. The topological polar surface area (TPSA) is 51.5 Å². The molecule has 0 unspecified atom stereocenters. The summed E-state index contributed by atoms with van der Waals surface area (Å²) in [7, 11) is 1.61. The molecule has 0 fully saturated rings. The maximum absolute atomic E-state index is 10.9. The normalized spacial score (nSPS) is 11.7. The molecule has 4 nitrogen and oxygen atoms in total. The third-order valence-corrected chi connectivity index (χ3v) is 2.62. The first kappa shape index (κ1) is 12.3. The Kier molecular flexibility index (Phi) is 3.57. The van der Waals surface area contributed by atoms with Gasteiger partial charge in [-0.15, -0.1) is 0 Å². The second-order valence-electron chi connectivity index (χ2n) is 3.94. The molecular weight excluding hydrogens is 262 g/mol. The standard InChI is InChI=1S/C10H14BrNO3/c1-10(2,15-3)6-12-5-7(11)4-8(12)9(13)14/h4-5H,6H2,1-3H3,(H,13,14). The van der Waals surface area contributed by atoms with Crippen molar-refractivity contribution in [2.24, 2.45) is 0 Å². The van der Waals surface area contributed by atoms with Crippen LogP contribution in [-0.2, 0) is 11.3 Å². The van der Waals surface area contributed by atoms with Crippen LogP contribution in [-0.4, -0.2) is 28.4 Å². The molecule has 1 N–H and O–H groups in total. The first-order valence-corrected chi connectivity index (χ1v) is 5.29. The number of aromatic nitrogens is 1. The number of carboxylic acids is 1. The Labute approximate surface area is 97.0 Å². The Balaban J connectivity index is 2.99. The largest absolute Gasteiger partial charge is 0.477 e. The fourth-order valence-corrected chi connectivity index (χ4v) is 1.72. The van der Waals surface area contributed by atoms with E-state index < -0.39 is 5.97 Å². The van der Waals surface area contributed by atoms with E-state index in [4.69, 9.17) is 9.84 Å². The molecule has 0 amide bonds. The minimum atomic E-state index is -0.937. The molecule has 1 heterocycles. The number of hydrogen-bond donors (Lipinski definition) is 1. The van der Waals surface area contributed by atoms with E-state index in [9.17, 15) is 4.79 Å². The molecule has 1 aromatic heterocycles. The fourth-order valence-electron chi connectivity index (χ4n) is 1.26. The van der Waals surface area contributed by atoms with Crippen molar-refractivity contribution in [1.29, 1.82) is 0 Å². The van der Waals surface area contributed by atoms with Crippen molar-refractivity contribution in [3.05, 3.63) is 22.4 Å². The van der Waals surface area contributed by atoms with E-state index in [0.29, 0.717) is 6.54 Å². The molecule has 0 aromatic carbocycles. The van der Waals surface area contributed by atoms with Gasteiger partial charge in [0.1, 0.15) is 5.69 Å². The smallest absolute Gasteiger partial charge is 0.352 e. The van der Waals surface area contributed by atoms with Gasteiger partial charge >= 0.3 is 5.97 Å². The van der Waals surface area contributed by atoms with Crippen LogP contribution < -0.4 is 0 Å². The van der Waals surface area contributed by atoms with Crippen molar-refractivity contribution in [1.82, 2.24) is 4.57 Å². The predicted octanol–water partition coefficient (Wildman–Crippen LogP) is 2.37. The van der Waals surface area contributed by atoms with Crippen LogP contribution >= 0.6 is 15.9 Å². The van der Waals surface area contributed by atoms with Gasteiger partial charge in [-0.2, -0.15) is 0 Å². The Hall–Kier alpha value is -0.810. The van der Waals surface area contributed by atoms with Gasteiger partial charge in [-0.3, -0.25) is 0 Å². The average molecular weight is 276 g/mol. The lowest BCUT2D eigenvalue weighted by atomic mass is 10.1. The zero-order chi connectivity index (χ0) is 11.6. The van der Waals surface area contributed by atoms with E-state index in [2.05, 4.69) is 15.9 Å². The zero-order valence-electron chi connectivity index (χ0n) is 8.95. The summed E-state index contributed by atoms with van der Waals surface area (Å²) in [5, 5.41) is 8.97. The van der Waals surface area contributed by atoms with Gasteiger partial charge in [-0.25, -0.2) is 4.79 Å². The molecule has 1 aromatic rings. The predicted molar refractivity (Wildman–Crippen MR) is 60.2 cm³/mol. The van der Waals surface area contributed by atoms with E-state index in [1.54, 1.807) is 23.9 Å². The number of nitrogens with zero attached hydrogens (tertiary/aromatic N) is 1. The van der Waals surface area contributed by atoms with Crippen molar-refractivity contribution in [3.63, 3.8) is 0 Å². The number of rotatable bonds is 4. The van der Waals surface area contributed by atoms with Gasteiger partial charge < -0.3 is 14.4 Å². The molecule has 0 aliphatic rings. The molecule has 1 rings (SSSR count). The number of methoxy groups -OCH3 is 1. The summed E-state index contributed by atoms with van der Waals surface area (Å²) < 4.78 is 7.68. The highest BCUT2D eigenvalue weighted by molar-refractivity contribution is 9.10. The van der Waals surface area contributed by atoms with Crippen LogP contribution in [0.15, 0.2) is 16.7 Å². The quantitative estimate of drug-likeness (QED) is 0.918. The van der Waals surface area contributed by atoms with Crippen molar-refractivity contribution >= 4 is 21.9 Å². The summed E-state index contributed by atoms with van der Waals surface area (Å²) in [6, 6.07) is 1.58. The Morgan fingerprint density at radius 1 is 1.67 bits per heavy atom. The van der Waals surface area contributed by atoms with Crippen LogP contribution in [0.2, 0.25) is 0 Å². The maximum Gasteiger partial charge on any atom is 0.352 e. The van der Waals surface area contributed by atoms with Crippen LogP contribution in [0.5, 0.6) is 0 Å². The summed E-state index contributed by atoms with van der Waals surface area (Å²) in [6.07, 6.45) is 1.74. The molecule has 5 heteroatoms. The SMILES string of the molecule is COC(C)(C)Cn1cc(Br)cc1C(=O)O. The molecule has 0 aliphatic carbocycles. The van der Waals surface area contributed by atoms with Crippen LogP contribution in [0.3, 0.4) is 0 Å². The summed E-state index contributed by atoms with van der Waals surface area (Å²) in [5.74, 6) is -0.937. The van der Waals surface area contributed by atoms with Gasteiger partial charge in [0.05, 0.1) is 12.1 Å². The summed E-state index contributed by atoms with van der Waals surface area (Å²) in [4.78, 5) is 10.9. The zero-order valence-corrected chi connectivity index (χ0v) is 10.5. The van der Waals surface area contributed by atoms with Gasteiger partial charge in [0.2, 0.25) is 0 Å². The van der Waals surface area contributed by atoms with Crippen molar-refractivity contribution in [2.75, 3.05) is 7.11 Å². The van der Waals surface area contributed by atoms with Gasteiger partial charge in [-0.1, -0.05) is 0 Å². The minimum Gasteiger partial charge on any atom is -0.477 e. The maximum atomic E-state index is 10.9. The second-order valence-corrected chi connectivity index (χ2v) is 4.86. The van der Waals surface area contributed by atoms with E-state index >= 15 is 0 Å². The molecule has 0 radical (unpaired) electrons. The Bertz CT molecular complexity index is 371. The first-order valence-electron chi connectivity index (χ1n) is 4.50. The van der Waals surface area contributed by atoms with Crippen molar-refractivity contribution in [2.45, 2.75) is 26.0 Å². The van der Waals surface area contributed by atoms with Gasteiger partial charge in [0, 0.05) is 17.8 Å². The number of carbonyl (C=O) groups is 1. The highest BCUT2D eigenvalue weighted by atomic mass is 79.9. The highest BCUT2D eigenvalue weighted by Gasteiger charge is 2.21. The molecule has 0 bridgehead atoms. The van der Waals surface area contributed by atoms with E-state index in [1.165, 1.54) is 0 Å². The summed E-state index contributed by atoms with van der Waals surface area (Å²) in [6.45, 7) is 4.32. The molecule has 15 heavy (non-hydrogen) atoms. The van der Waals surface area contributed by atoms with E-state index in [0.717, 1.165) is 4.47 Å². The van der Waals surface area contributed by atoms with Crippen molar-refractivity contribution < 1.29 is 14.6 Å². The first-order chi connectivity index (χ1) is 6.85. The molecule has 84 valence electrons. The molecule has 0 spiro atoms. The number of aromatic carboxylic acids is 1. The Morgan fingerprint density at radius 3 is 2.73 bits per heavy atom. The molecule has 0 atom stereocenters. The molecule has 0 saturated heterocycles. The third-order valence-electron chi connectivity index (χ3n) is 2.19. The van der Waals surface area contributed by atoms with Crippen LogP contribution in [0, 0.1) is 0 Å². The average Bonchev–Trinajstić information content (AvgIpc) is 2.46. The van der Waals surface area contributed by atoms with Crippen LogP contribution in [0.1, 0.15) is 24.3 Å². The van der Waals surface area contributed by atoms with Gasteiger partial charge in [0.15, 0.2) is 0 Å². The Morgan fingerprint density at radius 2 is 2.27 bits per heavy atom. The summed E-state index contributed by atoms with van der Waals surface area (Å²) >= 11 is 3.26. The lowest BCUT2D eigenvalue weighted by Crippen LogP contribution is -2.30. The van der Waals surface area contributed by atoms with Crippen molar-refractivity contribution in [3.8, 4) is 0 Å². The van der Waals surface area contributed by atoms with Crippen LogP contribution in [0.4, 0.5) is 0 Å². The molecular formula is C10H14BrNO3. The number of carboxylic acid groups (broad SMARTS) is 1. The second kappa shape index (κ2) is 4.37. The van der Waals surface area contributed by atoms with Crippen LogP contribution in [0.25, 0.3) is 0 Å². The molecule has 0 saturated carbocycles. The van der Waals surface area contributed by atoms with E-state index in [-0.39, 0.29) is 11.3 Å². The monoisotopic (exact) mass is 275 g/mol. The number of ether oxygens (including phenoxy) is 1. The third kappa shape index (κ3) is 3.07. The summed E-state index contributed by atoms with van der Waals surface area (Å²) in [5.41, 5.74) is -0.130. The lowest BCUT2D eigenvalue weighted by molar-refractivity contribution is 0.00740. The lowest BCUT2D eigenvalue weighted by Gasteiger charge is -2.24. The van der Waals surface area contributed by atoms with Gasteiger partial charge in [0.25, 0.3) is 0 Å². The molecule has 0 aliphatic heterocycles. The number of hydrogen-bond acceptors (Lipinski definition) is 2. The fraction of sp³-hybridized carbons (Fsp3) is 0.500. The number of halogens is 1. The van der Waals surface area contributed by atoms with Gasteiger partial charge in [-0.05, 0) is 35.8 Å². The minimum absolute atomic E-state index is 0.256.